The number of aliphatic hydroxyl groups excluding tert-OH is 4. The van der Waals surface area contributed by atoms with Crippen molar-refractivity contribution in [2.45, 2.75) is 275 Å². The van der Waals surface area contributed by atoms with E-state index in [0.717, 1.165) is 12.7 Å². The van der Waals surface area contributed by atoms with E-state index >= 15 is 4.79 Å². The Morgan fingerprint density at radius 1 is 0.739 bits per heavy atom. The fourth-order valence-electron chi connectivity index (χ4n) is 17.3. The summed E-state index contributed by atoms with van der Waals surface area (Å²) in [6.45, 7) is 19.9. The van der Waals surface area contributed by atoms with Gasteiger partial charge in [0, 0.05) is 62.2 Å². The number of hydrogen-bond acceptors (Lipinski definition) is 22. The lowest BCUT2D eigenvalue weighted by molar-refractivity contribution is -0.584. The first-order valence-corrected chi connectivity index (χ1v) is 33.4. The average Bonchev–Trinajstić information content (AvgIpc) is 1.52. The van der Waals surface area contributed by atoms with Crippen molar-refractivity contribution < 1.29 is 101 Å². The van der Waals surface area contributed by atoms with Crippen LogP contribution in [0.15, 0.2) is 58.4 Å². The summed E-state index contributed by atoms with van der Waals surface area (Å²) in [4.78, 5) is 80.6. The Hall–Kier alpha value is -4.99. The molecule has 24 nitrogen and oxygen atoms in total. The number of fused-ring (bicyclic) bond motifs is 3. The molecule has 0 aromatic carbocycles. The van der Waals surface area contributed by atoms with Crippen LogP contribution < -0.4 is 5.32 Å². The molecule has 512 valence electrons. The monoisotopic (exact) mass is 1290 g/mol. The SMILES string of the molecule is COC(=O)N[C@H]1[C@@H](C)O[C@@H](O[C@H]2C/C=C(\C)[C@@H]3C=C[C@@H]4[C@@H](O[C@H]5C[C@@H](O[C@H]6CCC(O[C@@H]7C[C@@H](C)C(O[C@H]8CC[C@@H](O)[C@H](C)O8)[C@H](O)C7)[C@H](C)C6)[C@@H](OC(C)=O)[C@H](C)O5)[C@@H](C)C[C@H](C)[C@H]4C3C(=O)C3=C(O)C4(CC(C=O)=C[C@H](O)[C@H]4/C=C/2C)OC3=O)C[C@]1(C)[N+](=O)[O-]. The molecule has 5 N–H and O–H groups in total. The molecule has 10 aliphatic rings. The van der Waals surface area contributed by atoms with Gasteiger partial charge in [0.1, 0.15) is 24.0 Å². The summed E-state index contributed by atoms with van der Waals surface area (Å²) >= 11 is 0. The molecule has 4 unspecified atom stereocenters. The number of esters is 2. The molecule has 4 aliphatic heterocycles. The molecule has 10 rings (SSSR count). The van der Waals surface area contributed by atoms with E-state index in [1.54, 1.807) is 19.9 Å². The van der Waals surface area contributed by atoms with Crippen molar-refractivity contribution in [1.82, 2.24) is 5.32 Å². The van der Waals surface area contributed by atoms with Crippen LogP contribution in [0.1, 0.15) is 153 Å². The van der Waals surface area contributed by atoms with Gasteiger partial charge < -0.3 is 77.8 Å². The summed E-state index contributed by atoms with van der Waals surface area (Å²) in [7, 11) is 1.15. The second-order valence-electron chi connectivity index (χ2n) is 28.7. The number of nitro groups is 1. The lowest BCUT2D eigenvalue weighted by Gasteiger charge is -2.52. The molecular formula is C68H98N2O22. The van der Waals surface area contributed by atoms with E-state index in [1.165, 1.54) is 19.9 Å². The third-order valence-corrected chi connectivity index (χ3v) is 22.1. The van der Waals surface area contributed by atoms with Crippen molar-refractivity contribution in [3.8, 4) is 0 Å². The number of aldehydes is 1. The zero-order valence-corrected chi connectivity index (χ0v) is 55.1. The Balaban J connectivity index is 0.889. The Labute approximate surface area is 538 Å². The van der Waals surface area contributed by atoms with Crippen molar-refractivity contribution in [2.24, 2.45) is 53.3 Å². The van der Waals surface area contributed by atoms with Crippen molar-refractivity contribution >= 4 is 30.1 Å². The molecule has 3 saturated carbocycles. The van der Waals surface area contributed by atoms with Crippen molar-refractivity contribution in [2.75, 3.05) is 7.11 Å². The van der Waals surface area contributed by atoms with Crippen LogP contribution in [0.2, 0.25) is 0 Å². The van der Waals surface area contributed by atoms with Crippen molar-refractivity contribution in [3.05, 3.63) is 68.5 Å². The number of nitrogens with one attached hydrogen (secondary N) is 1. The molecule has 0 aromatic rings. The van der Waals surface area contributed by atoms with Gasteiger partial charge in [-0.3, -0.25) is 24.5 Å². The van der Waals surface area contributed by atoms with Gasteiger partial charge in [-0.2, -0.15) is 0 Å². The van der Waals surface area contributed by atoms with Gasteiger partial charge in [-0.05, 0) is 126 Å². The molecule has 6 aliphatic carbocycles. The average molecular weight is 1300 g/mol. The van der Waals surface area contributed by atoms with E-state index in [0.29, 0.717) is 63.2 Å². The number of amides is 1. The maximum Gasteiger partial charge on any atom is 0.407 e. The minimum atomic E-state index is -2.10. The highest BCUT2D eigenvalue weighted by Crippen LogP contribution is 2.55. The van der Waals surface area contributed by atoms with Gasteiger partial charge in [-0.15, -0.1) is 0 Å². The lowest BCUT2D eigenvalue weighted by atomic mass is 9.55. The number of methoxy groups -OCH3 is 1. The number of carbonyl (C=O) groups excluding carboxylic acids is 5. The van der Waals surface area contributed by atoms with Gasteiger partial charge in [-0.25, -0.2) is 9.59 Å². The van der Waals surface area contributed by atoms with Crippen LogP contribution in [0.3, 0.4) is 0 Å². The Morgan fingerprint density at radius 3 is 2.10 bits per heavy atom. The topological polar surface area (TPSA) is 323 Å². The fraction of sp³-hybridized carbons (Fsp3) is 0.779. The number of ether oxygens (including phenoxy) is 11. The van der Waals surface area contributed by atoms with Crippen LogP contribution in [-0.2, 0) is 71.3 Å². The number of hydrogen-bond donors (Lipinski definition) is 5. The smallest absolute Gasteiger partial charge is 0.407 e. The molecule has 92 heavy (non-hydrogen) atoms. The minimum Gasteiger partial charge on any atom is -0.507 e. The normalized spacial score (nSPS) is 46.9. The summed E-state index contributed by atoms with van der Waals surface area (Å²) < 4.78 is 69.6. The largest absolute Gasteiger partial charge is 0.507 e. The first-order chi connectivity index (χ1) is 43.5. The first-order valence-electron chi connectivity index (χ1n) is 33.4. The van der Waals surface area contributed by atoms with Crippen LogP contribution in [0.4, 0.5) is 4.79 Å². The number of rotatable bonds is 14. The fourth-order valence-corrected chi connectivity index (χ4v) is 17.3. The molecular weight excluding hydrogens is 1200 g/mol. The molecule has 6 fully saturated rings. The van der Waals surface area contributed by atoms with Crippen LogP contribution >= 0.6 is 0 Å². The second-order valence-corrected chi connectivity index (χ2v) is 28.7. The number of ketones is 1. The van der Waals surface area contributed by atoms with Crippen LogP contribution in [0, 0.1) is 63.4 Å². The third-order valence-electron chi connectivity index (χ3n) is 22.1. The summed E-state index contributed by atoms with van der Waals surface area (Å²) in [6.07, 6.45) is 2.05. The predicted molar refractivity (Wildman–Crippen MR) is 327 cm³/mol. The molecule has 2 bridgehead atoms. The maximum atomic E-state index is 15.9. The first kappa shape index (κ1) is 69.8. The standard InChI is InChI=1S/C68H98N2O22/c1-31-13-18-51(89-55-29-67(11,70(80)81)63(39(9)85-55)69-66(79)82-12)33(3)24-46-48(74)25-41(30-71)28-68(46)64(77)58(65(78)92-68)59(76)57-44(31)15-16-45-56(57)34(4)21-35(5)60(45)91-54-27-52(62(38(8)84-54)86-40(10)72)87-42-14-19-50(32(2)22-42)88-43-23-36(6)61(49(75)26-43)90-53-20-17-47(73)37(7)83-53/h13,15-16,24-25,30,32,34-39,42-57,60-63,73-75,77H,14,17-23,26-29H2,1-12H3,(H,69,79)/b31-13+,33-24+/t32-,34+,35+,36-,37+,38+,39-,42+,43-,44+,45+,46-,47-,48+,49-,50?,51+,52-,53+,54+,55+,56-,57?,60+,61?,62+,63+,67+,68?/m1/s1. The van der Waals surface area contributed by atoms with E-state index in [1.807, 2.05) is 32.9 Å². The van der Waals surface area contributed by atoms with Crippen molar-refractivity contribution in [3.63, 3.8) is 0 Å². The Kier molecular flexibility index (Phi) is 21.5. The van der Waals surface area contributed by atoms with Crippen LogP contribution in [0.5, 0.6) is 0 Å². The second kappa shape index (κ2) is 28.4. The lowest BCUT2D eigenvalue weighted by Crippen LogP contribution is -2.65. The number of aliphatic hydroxyl groups is 4. The predicted octanol–water partition coefficient (Wildman–Crippen LogP) is 7.30. The van der Waals surface area contributed by atoms with Crippen LogP contribution in [0.25, 0.3) is 0 Å². The highest BCUT2D eigenvalue weighted by Gasteiger charge is 2.62. The van der Waals surface area contributed by atoms with E-state index in [4.69, 9.17) is 52.1 Å². The summed E-state index contributed by atoms with van der Waals surface area (Å²) in [6, 6.07) is -1.11. The number of nitrogens with zero attached hydrogens (tertiary/aromatic N) is 1. The van der Waals surface area contributed by atoms with Crippen LogP contribution in [-0.4, -0.2) is 184 Å². The van der Waals surface area contributed by atoms with E-state index in [9.17, 15) is 49.7 Å². The molecule has 0 radical (unpaired) electrons. The third kappa shape index (κ3) is 14.1. The number of carbonyl (C=O) groups is 5. The quantitative estimate of drug-likeness (QED) is 0.0217. The molecule has 3 saturated heterocycles. The van der Waals surface area contributed by atoms with Gasteiger partial charge in [0.2, 0.25) is 5.54 Å². The van der Waals surface area contributed by atoms with Gasteiger partial charge in [0.05, 0.1) is 92.7 Å². The minimum absolute atomic E-state index is 0.00817. The summed E-state index contributed by atoms with van der Waals surface area (Å²) in [5.74, 6) is -6.94. The van der Waals surface area contributed by atoms with E-state index < -0.39 is 167 Å². The van der Waals surface area contributed by atoms with Gasteiger partial charge in [0.25, 0.3) is 0 Å². The Bertz CT molecular complexity index is 2900. The van der Waals surface area contributed by atoms with Crippen molar-refractivity contribution in [1.29, 1.82) is 0 Å². The molecule has 0 aromatic heterocycles. The summed E-state index contributed by atoms with van der Waals surface area (Å²) in [5, 5.41) is 61.5. The zero-order valence-electron chi connectivity index (χ0n) is 55.1. The number of Topliss-reactive ketones (excluding diaryl/α,β-unsaturated/α-hetero) is 1. The van der Waals surface area contributed by atoms with E-state index in [2.05, 4.69) is 39.1 Å². The number of alkyl carbamates (subject to hydrolysis) is 1. The highest BCUT2D eigenvalue weighted by atomic mass is 16.7. The molecule has 1 spiro atoms. The molecule has 29 atom stereocenters. The zero-order chi connectivity index (χ0) is 66.6. The summed E-state index contributed by atoms with van der Waals surface area (Å²) in [5.41, 5.74) is -3.24. The molecule has 24 heteroatoms. The maximum absolute atomic E-state index is 15.9. The van der Waals surface area contributed by atoms with Gasteiger partial charge in [-0.1, -0.05) is 57.6 Å². The number of allylic oxidation sites excluding steroid dienone is 2. The highest BCUT2D eigenvalue weighted by molar-refractivity contribution is 6.20. The molecule has 1 amide bonds. The van der Waals surface area contributed by atoms with Gasteiger partial charge >= 0.3 is 18.0 Å². The Morgan fingerprint density at radius 2 is 1.42 bits per heavy atom. The molecule has 4 heterocycles. The van der Waals surface area contributed by atoms with Gasteiger partial charge in [0.15, 0.2) is 42.1 Å². The van der Waals surface area contributed by atoms with E-state index in [-0.39, 0.29) is 79.3 Å².